The van der Waals surface area contributed by atoms with Crippen LogP contribution in [0.4, 0.5) is 0 Å². The Bertz CT molecular complexity index is 471. The molecule has 5 aliphatic carbocycles. The van der Waals surface area contributed by atoms with Crippen LogP contribution in [-0.2, 0) is 19.2 Å². The Labute approximate surface area is 164 Å². The lowest BCUT2D eigenvalue weighted by atomic mass is 9.53. The molecule has 4 bridgehead atoms. The Hall–Kier alpha value is -0.200. The molecule has 0 radical (unpaired) electrons. The third kappa shape index (κ3) is 3.71. The zero-order chi connectivity index (χ0) is 18.3. The summed E-state index contributed by atoms with van der Waals surface area (Å²) in [5.41, 5.74) is 0. The summed E-state index contributed by atoms with van der Waals surface area (Å²) < 4.78 is 11.5. The smallest absolute Gasteiger partial charge is 0.207 e. The van der Waals surface area contributed by atoms with Crippen molar-refractivity contribution in [3.8, 4) is 0 Å². The van der Waals surface area contributed by atoms with E-state index in [2.05, 4.69) is 4.90 Å². The molecule has 27 heavy (non-hydrogen) atoms. The van der Waals surface area contributed by atoms with Crippen LogP contribution in [0.1, 0.15) is 57.8 Å². The molecule has 0 unspecified atom stereocenters. The highest BCUT2D eigenvalue weighted by Gasteiger charge is 2.60. The van der Waals surface area contributed by atoms with Crippen LogP contribution in [0.25, 0.3) is 0 Å². The van der Waals surface area contributed by atoms with E-state index in [-0.39, 0.29) is 6.10 Å². The fourth-order valence-electron chi connectivity index (χ4n) is 7.05. The van der Waals surface area contributed by atoms with E-state index in [1.54, 1.807) is 0 Å². The van der Waals surface area contributed by atoms with Crippen molar-refractivity contribution in [2.75, 3.05) is 40.0 Å². The summed E-state index contributed by atoms with van der Waals surface area (Å²) in [6.07, 6.45) is 11.5. The monoisotopic (exact) mass is 379 g/mol. The van der Waals surface area contributed by atoms with E-state index in [4.69, 9.17) is 19.2 Å². The Morgan fingerprint density at radius 2 is 1.52 bits per heavy atom. The van der Waals surface area contributed by atoms with Gasteiger partial charge in [0, 0.05) is 38.6 Å². The lowest BCUT2D eigenvalue weighted by Gasteiger charge is -2.58. The molecule has 0 amide bonds. The van der Waals surface area contributed by atoms with Gasteiger partial charge in [-0.1, -0.05) is 0 Å². The van der Waals surface area contributed by atoms with Gasteiger partial charge in [0.1, 0.15) is 0 Å². The fourth-order valence-corrected chi connectivity index (χ4v) is 7.05. The summed E-state index contributed by atoms with van der Waals surface area (Å²) >= 11 is 0. The second-order valence-electron chi connectivity index (χ2n) is 9.97. The summed E-state index contributed by atoms with van der Waals surface area (Å²) in [5, 5.41) is 0. The van der Waals surface area contributed by atoms with Crippen molar-refractivity contribution in [1.29, 1.82) is 0 Å². The number of nitrogens with zero attached hydrogens (tertiary/aromatic N) is 1. The molecule has 1 aliphatic heterocycles. The van der Waals surface area contributed by atoms with Crippen molar-refractivity contribution >= 4 is 0 Å². The molecule has 6 aliphatic rings. The molecule has 0 aromatic carbocycles. The second kappa shape index (κ2) is 7.91. The average Bonchev–Trinajstić information content (AvgIpc) is 2.70. The van der Waals surface area contributed by atoms with Crippen LogP contribution >= 0.6 is 0 Å². The number of morpholine rings is 1. The van der Waals surface area contributed by atoms with Gasteiger partial charge in [0.05, 0.1) is 19.3 Å². The lowest BCUT2D eigenvalue weighted by Crippen LogP contribution is -2.60. The molecule has 0 aromatic heterocycles. The van der Waals surface area contributed by atoms with Crippen molar-refractivity contribution < 1.29 is 19.2 Å². The van der Waals surface area contributed by atoms with Crippen molar-refractivity contribution in [3.63, 3.8) is 0 Å². The van der Waals surface area contributed by atoms with E-state index in [9.17, 15) is 0 Å². The quantitative estimate of drug-likeness (QED) is 0.400. The summed E-state index contributed by atoms with van der Waals surface area (Å²) in [6, 6.07) is 0. The molecular formula is C22H37NO4. The number of hydrogen-bond acceptors (Lipinski definition) is 5. The van der Waals surface area contributed by atoms with Crippen molar-refractivity contribution in [2.45, 2.75) is 69.7 Å². The minimum absolute atomic E-state index is 0.246. The van der Waals surface area contributed by atoms with Gasteiger partial charge in [-0.05, 0) is 75.5 Å². The van der Waals surface area contributed by atoms with Gasteiger partial charge in [-0.2, -0.15) is 0 Å². The predicted octanol–water partition coefficient (Wildman–Crippen LogP) is 3.62. The van der Waals surface area contributed by atoms with Crippen LogP contribution in [-0.4, -0.2) is 56.7 Å². The van der Waals surface area contributed by atoms with Crippen LogP contribution in [0.2, 0.25) is 0 Å². The topological polar surface area (TPSA) is 40.2 Å². The molecule has 5 heteroatoms. The van der Waals surface area contributed by atoms with E-state index in [0.717, 1.165) is 56.9 Å². The third-order valence-corrected chi connectivity index (χ3v) is 8.32. The molecule has 0 N–H and O–H groups in total. The zero-order valence-electron chi connectivity index (χ0n) is 16.9. The van der Waals surface area contributed by atoms with Crippen LogP contribution in [0.3, 0.4) is 0 Å². The zero-order valence-corrected chi connectivity index (χ0v) is 16.9. The standard InChI is InChI=1S/C22H37NO4/c1-24-22(19-11-17-10-18(13-19)14-20(22)12-17)27-26-21-4-2-16(3-5-21)15-23-6-8-25-9-7-23/h16-21H,2-15H2,1H3/t16-,17?,18?,19?,20?,21+,22?. The van der Waals surface area contributed by atoms with E-state index < -0.39 is 5.79 Å². The van der Waals surface area contributed by atoms with Gasteiger partial charge in [-0.25, -0.2) is 9.78 Å². The first-order chi connectivity index (χ1) is 13.2. The molecule has 0 atom stereocenters. The molecule has 5 nitrogen and oxygen atoms in total. The van der Waals surface area contributed by atoms with Gasteiger partial charge in [0.15, 0.2) is 0 Å². The van der Waals surface area contributed by atoms with Crippen LogP contribution in [0, 0.1) is 29.6 Å². The van der Waals surface area contributed by atoms with Gasteiger partial charge in [-0.3, -0.25) is 4.90 Å². The maximum atomic E-state index is 6.23. The van der Waals surface area contributed by atoms with Gasteiger partial charge < -0.3 is 9.47 Å². The van der Waals surface area contributed by atoms with Crippen LogP contribution < -0.4 is 0 Å². The highest BCUT2D eigenvalue weighted by molar-refractivity contribution is 5.03. The second-order valence-corrected chi connectivity index (χ2v) is 9.97. The minimum atomic E-state index is -0.460. The summed E-state index contributed by atoms with van der Waals surface area (Å²) in [5.74, 6) is 3.25. The Morgan fingerprint density at radius 3 is 2.11 bits per heavy atom. The molecule has 5 saturated carbocycles. The molecular weight excluding hydrogens is 342 g/mol. The summed E-state index contributed by atoms with van der Waals surface area (Å²) in [4.78, 5) is 14.9. The number of hydrogen-bond donors (Lipinski definition) is 0. The molecule has 6 rings (SSSR count). The first-order valence-corrected chi connectivity index (χ1v) is 11.4. The highest BCUT2D eigenvalue weighted by Crippen LogP contribution is 2.60. The van der Waals surface area contributed by atoms with E-state index in [0.29, 0.717) is 11.8 Å². The van der Waals surface area contributed by atoms with Gasteiger partial charge >= 0.3 is 0 Å². The minimum Gasteiger partial charge on any atom is -0.379 e. The SMILES string of the molecule is COC1(OO[C@H]2CC[C@@H](CN3CCOCC3)CC2)C2CC3CC(C2)CC1C3. The van der Waals surface area contributed by atoms with E-state index in [1.165, 1.54) is 51.5 Å². The first-order valence-electron chi connectivity index (χ1n) is 11.4. The van der Waals surface area contributed by atoms with E-state index >= 15 is 0 Å². The van der Waals surface area contributed by atoms with Crippen molar-refractivity contribution in [2.24, 2.45) is 29.6 Å². The Kier molecular flexibility index (Phi) is 5.51. The molecule has 6 fully saturated rings. The maximum Gasteiger partial charge on any atom is 0.207 e. The highest BCUT2D eigenvalue weighted by atomic mass is 17.2. The number of methoxy groups -OCH3 is 1. The molecule has 1 heterocycles. The summed E-state index contributed by atoms with van der Waals surface area (Å²) in [7, 11) is 1.84. The maximum absolute atomic E-state index is 6.23. The molecule has 154 valence electrons. The Balaban J connectivity index is 1.11. The molecule has 0 aromatic rings. The lowest BCUT2D eigenvalue weighted by molar-refractivity contribution is -0.486. The van der Waals surface area contributed by atoms with Crippen LogP contribution in [0.5, 0.6) is 0 Å². The molecule has 0 spiro atoms. The Morgan fingerprint density at radius 1 is 0.889 bits per heavy atom. The van der Waals surface area contributed by atoms with Gasteiger partial charge in [0.2, 0.25) is 5.79 Å². The van der Waals surface area contributed by atoms with Crippen LogP contribution in [0.15, 0.2) is 0 Å². The largest absolute Gasteiger partial charge is 0.379 e. The van der Waals surface area contributed by atoms with Crippen molar-refractivity contribution in [3.05, 3.63) is 0 Å². The molecule has 1 saturated heterocycles. The third-order valence-electron chi connectivity index (χ3n) is 8.32. The number of ether oxygens (including phenoxy) is 2. The predicted molar refractivity (Wildman–Crippen MR) is 102 cm³/mol. The number of rotatable bonds is 6. The normalized spacial score (nSPS) is 47.4. The fraction of sp³-hybridized carbons (Fsp3) is 1.00. The summed E-state index contributed by atoms with van der Waals surface area (Å²) in [6.45, 7) is 5.22. The average molecular weight is 380 g/mol. The van der Waals surface area contributed by atoms with Gasteiger partial charge in [-0.15, -0.1) is 0 Å². The van der Waals surface area contributed by atoms with Gasteiger partial charge in [0.25, 0.3) is 0 Å². The first kappa shape index (κ1) is 18.8. The van der Waals surface area contributed by atoms with E-state index in [1.807, 2.05) is 7.11 Å². The van der Waals surface area contributed by atoms with Crippen molar-refractivity contribution in [1.82, 2.24) is 4.90 Å².